The highest BCUT2D eigenvalue weighted by molar-refractivity contribution is 5.82. The van der Waals surface area contributed by atoms with E-state index in [4.69, 9.17) is 4.74 Å². The summed E-state index contributed by atoms with van der Waals surface area (Å²) in [5, 5.41) is 0. The van der Waals surface area contributed by atoms with Crippen LogP contribution in [0.15, 0.2) is 58.5 Å². The second kappa shape index (κ2) is 5.77. The van der Waals surface area contributed by atoms with Crippen LogP contribution < -0.4 is 4.74 Å². The van der Waals surface area contributed by atoms with Crippen molar-refractivity contribution in [3.63, 3.8) is 0 Å². The van der Waals surface area contributed by atoms with Crippen molar-refractivity contribution >= 4 is 24.3 Å². The van der Waals surface area contributed by atoms with Crippen molar-refractivity contribution in [3.8, 4) is 5.75 Å². The Kier molecular flexibility index (Phi) is 3.86. The lowest BCUT2D eigenvalue weighted by atomic mass is 10.2. The molecule has 90 valence electrons. The molecule has 0 saturated carbocycles. The maximum Gasteiger partial charge on any atom is 0.118 e. The molecular weight excluding hydrogens is 224 g/mol. The summed E-state index contributed by atoms with van der Waals surface area (Å²) < 4.78 is 5.10. The van der Waals surface area contributed by atoms with Crippen molar-refractivity contribution in [3.05, 3.63) is 54.1 Å². The Labute approximate surface area is 106 Å². The minimum atomic E-state index is 0.841. The molecule has 0 fully saturated rings. The van der Waals surface area contributed by atoms with E-state index >= 15 is 0 Å². The van der Waals surface area contributed by atoms with Crippen LogP contribution in [0.4, 0.5) is 11.4 Å². The lowest BCUT2D eigenvalue weighted by Gasteiger charge is -1.99. The molecule has 0 amide bonds. The highest BCUT2D eigenvalue weighted by atomic mass is 16.5. The third kappa shape index (κ3) is 3.04. The molecule has 18 heavy (non-hydrogen) atoms. The van der Waals surface area contributed by atoms with Gasteiger partial charge in [-0.3, -0.25) is 9.98 Å². The van der Waals surface area contributed by atoms with Gasteiger partial charge < -0.3 is 4.74 Å². The smallest absolute Gasteiger partial charge is 0.118 e. The largest absolute Gasteiger partial charge is 0.497 e. The Morgan fingerprint density at radius 2 is 1.56 bits per heavy atom. The molecule has 0 saturated heterocycles. The zero-order chi connectivity index (χ0) is 12.8. The van der Waals surface area contributed by atoms with Gasteiger partial charge in [0.2, 0.25) is 0 Å². The average molecular weight is 238 g/mol. The van der Waals surface area contributed by atoms with E-state index in [0.717, 1.165) is 22.7 Å². The predicted molar refractivity (Wildman–Crippen MR) is 75.9 cm³/mol. The quantitative estimate of drug-likeness (QED) is 0.746. The molecule has 3 heteroatoms. The van der Waals surface area contributed by atoms with Gasteiger partial charge in [-0.1, -0.05) is 0 Å². The zero-order valence-corrected chi connectivity index (χ0v) is 10.2. The summed E-state index contributed by atoms with van der Waals surface area (Å²) in [6.45, 7) is 3.47. The standard InChI is InChI=1S/C15H14N2O/c1-16-13-5-7-14(8-6-13)17-11-12-3-9-15(18-2)10-4-12/h3-11H,1H2,2H3/b17-11+. The van der Waals surface area contributed by atoms with E-state index in [-0.39, 0.29) is 0 Å². The first-order valence-electron chi connectivity index (χ1n) is 5.57. The van der Waals surface area contributed by atoms with Gasteiger partial charge in [0, 0.05) is 6.21 Å². The van der Waals surface area contributed by atoms with Crippen LogP contribution in [0.5, 0.6) is 5.75 Å². The Morgan fingerprint density at radius 1 is 0.944 bits per heavy atom. The van der Waals surface area contributed by atoms with Crippen molar-refractivity contribution in [1.29, 1.82) is 0 Å². The number of aliphatic imine (C=N–C) groups is 2. The van der Waals surface area contributed by atoms with Crippen LogP contribution in [0.2, 0.25) is 0 Å². The lowest BCUT2D eigenvalue weighted by Crippen LogP contribution is -1.84. The molecule has 0 bridgehead atoms. The zero-order valence-electron chi connectivity index (χ0n) is 10.2. The molecule has 0 aliphatic heterocycles. The third-order valence-electron chi connectivity index (χ3n) is 2.51. The summed E-state index contributed by atoms with van der Waals surface area (Å²) in [6, 6.07) is 15.3. The Morgan fingerprint density at radius 3 is 2.11 bits per heavy atom. The van der Waals surface area contributed by atoms with Gasteiger partial charge in [-0.15, -0.1) is 0 Å². The van der Waals surface area contributed by atoms with Crippen LogP contribution in [0.25, 0.3) is 0 Å². The summed E-state index contributed by atoms with van der Waals surface area (Å²) >= 11 is 0. The molecule has 0 unspecified atom stereocenters. The van der Waals surface area contributed by atoms with Crippen LogP contribution in [0.3, 0.4) is 0 Å². The number of rotatable bonds is 4. The first-order chi connectivity index (χ1) is 8.81. The van der Waals surface area contributed by atoms with Gasteiger partial charge in [-0.2, -0.15) is 0 Å². The normalized spacial score (nSPS) is 10.5. The highest BCUT2D eigenvalue weighted by Crippen LogP contribution is 2.18. The SMILES string of the molecule is C=Nc1ccc(/N=C/c2ccc(OC)cc2)cc1. The van der Waals surface area contributed by atoms with Gasteiger partial charge in [0.25, 0.3) is 0 Å². The molecule has 0 N–H and O–H groups in total. The van der Waals surface area contributed by atoms with Gasteiger partial charge in [-0.05, 0) is 60.8 Å². The molecule has 0 aliphatic carbocycles. The summed E-state index contributed by atoms with van der Waals surface area (Å²) in [5.41, 5.74) is 2.76. The number of methoxy groups -OCH3 is 1. The first-order valence-corrected chi connectivity index (χ1v) is 5.57. The molecule has 0 radical (unpaired) electrons. The summed E-state index contributed by atoms with van der Waals surface area (Å²) in [4.78, 5) is 8.21. The molecule has 0 spiro atoms. The number of ether oxygens (including phenoxy) is 1. The molecule has 2 rings (SSSR count). The first kappa shape index (κ1) is 12.0. The van der Waals surface area contributed by atoms with Gasteiger partial charge in [-0.25, -0.2) is 0 Å². The summed E-state index contributed by atoms with van der Waals surface area (Å²) in [6.07, 6.45) is 1.82. The number of hydrogen-bond acceptors (Lipinski definition) is 3. The van der Waals surface area contributed by atoms with Gasteiger partial charge >= 0.3 is 0 Å². The number of hydrogen-bond donors (Lipinski definition) is 0. The molecule has 3 nitrogen and oxygen atoms in total. The molecule has 0 heterocycles. The predicted octanol–water partition coefficient (Wildman–Crippen LogP) is 3.78. The Bertz CT molecular complexity index is 542. The van der Waals surface area contributed by atoms with Crippen LogP contribution in [-0.4, -0.2) is 20.0 Å². The van der Waals surface area contributed by atoms with Crippen molar-refractivity contribution in [2.24, 2.45) is 9.98 Å². The van der Waals surface area contributed by atoms with Crippen molar-refractivity contribution < 1.29 is 4.74 Å². The van der Waals surface area contributed by atoms with E-state index in [1.165, 1.54) is 0 Å². The number of nitrogens with zero attached hydrogens (tertiary/aromatic N) is 2. The van der Waals surface area contributed by atoms with Crippen LogP contribution in [0, 0.1) is 0 Å². The minimum absolute atomic E-state index is 0.841. The summed E-state index contributed by atoms with van der Waals surface area (Å²) in [7, 11) is 1.65. The maximum absolute atomic E-state index is 5.10. The maximum atomic E-state index is 5.10. The molecule has 0 atom stereocenters. The fourth-order valence-electron chi connectivity index (χ4n) is 1.48. The van der Waals surface area contributed by atoms with Gasteiger partial charge in [0.15, 0.2) is 0 Å². The molecule has 0 aromatic heterocycles. The topological polar surface area (TPSA) is 34.0 Å². The monoisotopic (exact) mass is 238 g/mol. The second-order valence-electron chi connectivity index (χ2n) is 3.71. The van der Waals surface area contributed by atoms with Crippen LogP contribution in [-0.2, 0) is 0 Å². The molecule has 0 aliphatic rings. The third-order valence-corrected chi connectivity index (χ3v) is 2.51. The van der Waals surface area contributed by atoms with E-state index in [1.54, 1.807) is 7.11 Å². The lowest BCUT2D eigenvalue weighted by molar-refractivity contribution is 0.415. The van der Waals surface area contributed by atoms with Gasteiger partial charge in [0.05, 0.1) is 18.5 Å². The van der Waals surface area contributed by atoms with E-state index in [9.17, 15) is 0 Å². The molecule has 2 aromatic carbocycles. The van der Waals surface area contributed by atoms with Gasteiger partial charge in [0.1, 0.15) is 5.75 Å². The Hall–Kier alpha value is -2.42. The van der Waals surface area contributed by atoms with Crippen LogP contribution >= 0.6 is 0 Å². The van der Waals surface area contributed by atoms with E-state index in [1.807, 2.05) is 54.7 Å². The average Bonchev–Trinajstić information content (AvgIpc) is 2.46. The van der Waals surface area contributed by atoms with E-state index < -0.39 is 0 Å². The van der Waals surface area contributed by atoms with Crippen molar-refractivity contribution in [2.45, 2.75) is 0 Å². The fraction of sp³-hybridized carbons (Fsp3) is 0.0667. The minimum Gasteiger partial charge on any atom is -0.497 e. The Balaban J connectivity index is 2.10. The van der Waals surface area contributed by atoms with E-state index in [2.05, 4.69) is 16.7 Å². The second-order valence-corrected chi connectivity index (χ2v) is 3.71. The summed E-state index contributed by atoms with van der Waals surface area (Å²) in [5.74, 6) is 0.841. The van der Waals surface area contributed by atoms with Crippen molar-refractivity contribution in [1.82, 2.24) is 0 Å². The number of benzene rings is 2. The van der Waals surface area contributed by atoms with E-state index in [0.29, 0.717) is 0 Å². The van der Waals surface area contributed by atoms with Crippen LogP contribution in [0.1, 0.15) is 5.56 Å². The van der Waals surface area contributed by atoms with Crippen molar-refractivity contribution in [2.75, 3.05) is 7.11 Å². The highest BCUT2D eigenvalue weighted by Gasteiger charge is 1.92. The fourth-order valence-corrected chi connectivity index (χ4v) is 1.48. The molecular formula is C15H14N2O. The molecule has 2 aromatic rings.